The summed E-state index contributed by atoms with van der Waals surface area (Å²) >= 11 is 0. The van der Waals surface area contributed by atoms with Crippen LogP contribution in [0.3, 0.4) is 0 Å². The minimum Gasteiger partial charge on any atom is -0.506 e. The highest BCUT2D eigenvalue weighted by atomic mass is 16.4. The van der Waals surface area contributed by atoms with E-state index in [0.717, 1.165) is 25.7 Å². The molecule has 1 heterocycles. The molecule has 3 aromatic rings. The van der Waals surface area contributed by atoms with Gasteiger partial charge in [0.2, 0.25) is 0 Å². The molecule has 7 nitrogen and oxygen atoms in total. The van der Waals surface area contributed by atoms with Crippen LogP contribution in [0.15, 0.2) is 35.1 Å². The number of phenolic OH excluding ortho intramolecular Hbond substituents is 1. The molecule has 1 aromatic heterocycles. The highest BCUT2D eigenvalue weighted by Crippen LogP contribution is 2.30. The number of H-pyrrole nitrogens is 1. The number of aryl methyl sites for hydroxylation is 2. The van der Waals surface area contributed by atoms with E-state index in [-0.39, 0.29) is 22.9 Å². The highest BCUT2D eigenvalue weighted by Gasteiger charge is 2.24. The molecule has 0 fully saturated rings. The Bertz CT molecular complexity index is 1230. The number of aromatic nitrogens is 1. The van der Waals surface area contributed by atoms with Crippen LogP contribution in [0, 0.1) is 0 Å². The fourth-order valence-electron chi connectivity index (χ4n) is 4.89. The summed E-state index contributed by atoms with van der Waals surface area (Å²) in [4.78, 5) is 25.9. The van der Waals surface area contributed by atoms with Gasteiger partial charge in [-0.15, -0.1) is 0 Å². The van der Waals surface area contributed by atoms with Gasteiger partial charge in [-0.05, 0) is 65.6 Å². The Kier molecular flexibility index (Phi) is 6.54. The third-order valence-electron chi connectivity index (χ3n) is 6.62. The number of carboxylic acids is 1. The van der Waals surface area contributed by atoms with Gasteiger partial charge in [0.25, 0.3) is 5.56 Å². The van der Waals surface area contributed by atoms with Gasteiger partial charge >= 0.3 is 5.97 Å². The summed E-state index contributed by atoms with van der Waals surface area (Å²) in [5.74, 6) is -1.25. The molecule has 33 heavy (non-hydrogen) atoms. The number of fused-ring (bicyclic) bond motifs is 2. The molecule has 0 bridgehead atoms. The van der Waals surface area contributed by atoms with Crippen molar-refractivity contribution < 1.29 is 20.1 Å². The summed E-state index contributed by atoms with van der Waals surface area (Å²) in [5.41, 5.74) is 5.76. The molecule has 0 aliphatic heterocycles. The van der Waals surface area contributed by atoms with Crippen molar-refractivity contribution in [3.8, 4) is 5.75 Å². The first-order chi connectivity index (χ1) is 15.8. The lowest BCUT2D eigenvalue weighted by atomic mass is 9.97. The van der Waals surface area contributed by atoms with Crippen LogP contribution in [0.1, 0.15) is 53.3 Å². The van der Waals surface area contributed by atoms with Gasteiger partial charge in [-0.2, -0.15) is 0 Å². The lowest BCUT2D eigenvalue weighted by Crippen LogP contribution is -2.33. The van der Waals surface area contributed by atoms with Gasteiger partial charge in [-0.25, -0.2) is 0 Å². The molecule has 174 valence electrons. The normalized spacial score (nSPS) is 14.5. The second-order valence-corrected chi connectivity index (χ2v) is 8.78. The van der Waals surface area contributed by atoms with Gasteiger partial charge in [0.15, 0.2) is 0 Å². The number of nitrogens with one attached hydrogen (secondary N) is 2. The minimum atomic E-state index is -1.12. The van der Waals surface area contributed by atoms with Crippen molar-refractivity contribution in [3.63, 3.8) is 0 Å². The van der Waals surface area contributed by atoms with E-state index in [4.69, 9.17) is 5.11 Å². The Hall–Kier alpha value is -3.16. The predicted molar refractivity (Wildman–Crippen MR) is 127 cm³/mol. The molecule has 0 unspecified atom stereocenters. The quantitative estimate of drug-likeness (QED) is 0.360. The molecule has 5 N–H and O–H groups in total. The Balaban J connectivity index is 1.53. The van der Waals surface area contributed by atoms with E-state index in [1.807, 2.05) is 0 Å². The Labute approximate surface area is 192 Å². The Morgan fingerprint density at radius 1 is 1.09 bits per heavy atom. The molecule has 0 radical (unpaired) electrons. The molecule has 1 aliphatic carbocycles. The first-order valence-corrected chi connectivity index (χ1v) is 11.4. The van der Waals surface area contributed by atoms with E-state index in [1.54, 1.807) is 6.07 Å². The third kappa shape index (κ3) is 4.65. The van der Waals surface area contributed by atoms with Gasteiger partial charge in [-0.1, -0.05) is 32.0 Å². The summed E-state index contributed by atoms with van der Waals surface area (Å²) in [6, 6.07) is 9.34. The van der Waals surface area contributed by atoms with Crippen molar-refractivity contribution in [3.05, 3.63) is 74.1 Å². The summed E-state index contributed by atoms with van der Waals surface area (Å²) < 4.78 is 0. The second kappa shape index (κ2) is 9.37. The zero-order valence-electron chi connectivity index (χ0n) is 18.9. The number of carboxylic acid groups (broad SMARTS) is 1. The number of aliphatic carboxylic acids is 1. The van der Waals surface area contributed by atoms with E-state index in [0.29, 0.717) is 17.5 Å². The molecule has 4 rings (SSSR count). The van der Waals surface area contributed by atoms with Crippen LogP contribution in [0.4, 0.5) is 0 Å². The number of aromatic amines is 1. The van der Waals surface area contributed by atoms with E-state index in [9.17, 15) is 19.8 Å². The number of carbonyl (C=O) groups is 1. The van der Waals surface area contributed by atoms with E-state index >= 15 is 0 Å². The maximum Gasteiger partial charge on any atom is 0.308 e. The van der Waals surface area contributed by atoms with Crippen molar-refractivity contribution in [1.82, 2.24) is 10.3 Å². The average molecular weight is 451 g/mol. The number of rotatable bonds is 8. The topological polar surface area (TPSA) is 123 Å². The lowest BCUT2D eigenvalue weighted by Gasteiger charge is -2.18. The average Bonchev–Trinajstić information content (AvgIpc) is 3.19. The second-order valence-electron chi connectivity index (χ2n) is 8.78. The van der Waals surface area contributed by atoms with Crippen LogP contribution >= 0.6 is 0 Å². The number of benzene rings is 2. The van der Waals surface area contributed by atoms with Gasteiger partial charge in [0.05, 0.1) is 18.0 Å². The number of hydrogen-bond acceptors (Lipinski definition) is 5. The number of hydrogen-bond donors (Lipinski definition) is 5. The summed E-state index contributed by atoms with van der Waals surface area (Å²) in [6.07, 6.45) is 2.53. The molecule has 2 aromatic carbocycles. The zero-order valence-corrected chi connectivity index (χ0v) is 18.9. The summed E-state index contributed by atoms with van der Waals surface area (Å²) in [7, 11) is 0. The molecular formula is C26H30N2O5. The van der Waals surface area contributed by atoms with Crippen molar-refractivity contribution in [1.29, 1.82) is 0 Å². The third-order valence-corrected chi connectivity index (χ3v) is 6.62. The standard InChI is InChI=1S/C26H30N2O5/c1-3-14-7-16-9-19(10-17(16)8-15(14)4-2)27-13-23(30)20-5-6-22(29)25-21(20)11-18(12-24(31)32)26(33)28-25/h5-8,11,19,23,27,29-30H,3-4,9-10,12-13H2,1-2H3,(H,28,33)(H,31,32)/t23-/m0/s1. The molecule has 0 amide bonds. The van der Waals surface area contributed by atoms with E-state index in [2.05, 4.69) is 36.3 Å². The Morgan fingerprint density at radius 3 is 2.30 bits per heavy atom. The lowest BCUT2D eigenvalue weighted by molar-refractivity contribution is -0.136. The maximum absolute atomic E-state index is 12.2. The van der Waals surface area contributed by atoms with Crippen LogP contribution in [-0.4, -0.2) is 38.9 Å². The fourth-order valence-corrected chi connectivity index (χ4v) is 4.89. The first kappa shape index (κ1) is 23.0. The monoisotopic (exact) mass is 450 g/mol. The highest BCUT2D eigenvalue weighted by molar-refractivity contribution is 5.88. The number of pyridine rings is 1. The minimum absolute atomic E-state index is 0.0757. The molecule has 7 heteroatoms. The summed E-state index contributed by atoms with van der Waals surface area (Å²) in [5, 5.41) is 34.1. The van der Waals surface area contributed by atoms with Gasteiger partial charge in [0.1, 0.15) is 5.75 Å². The van der Waals surface area contributed by atoms with Crippen LogP contribution in [-0.2, 0) is 36.9 Å². The van der Waals surface area contributed by atoms with Crippen LogP contribution in [0.5, 0.6) is 5.75 Å². The molecule has 1 aliphatic rings. The van der Waals surface area contributed by atoms with Crippen molar-refractivity contribution in [2.75, 3.05) is 6.54 Å². The van der Waals surface area contributed by atoms with Crippen LogP contribution in [0.25, 0.3) is 10.9 Å². The van der Waals surface area contributed by atoms with Crippen molar-refractivity contribution in [2.24, 2.45) is 0 Å². The van der Waals surface area contributed by atoms with Gasteiger partial charge in [-0.3, -0.25) is 9.59 Å². The van der Waals surface area contributed by atoms with E-state index in [1.165, 1.54) is 34.4 Å². The van der Waals surface area contributed by atoms with Crippen LogP contribution in [0.2, 0.25) is 0 Å². The first-order valence-electron chi connectivity index (χ1n) is 11.4. The molecule has 0 spiro atoms. The molecular weight excluding hydrogens is 420 g/mol. The van der Waals surface area contributed by atoms with E-state index < -0.39 is 24.1 Å². The molecule has 0 saturated heterocycles. The van der Waals surface area contributed by atoms with Gasteiger partial charge in [0, 0.05) is 23.5 Å². The smallest absolute Gasteiger partial charge is 0.308 e. The fraction of sp³-hybridized carbons (Fsp3) is 0.385. The molecule has 0 saturated carbocycles. The summed E-state index contributed by atoms with van der Waals surface area (Å²) in [6.45, 7) is 4.66. The number of aliphatic hydroxyl groups excluding tert-OH is 1. The Morgan fingerprint density at radius 2 is 1.73 bits per heavy atom. The van der Waals surface area contributed by atoms with Crippen molar-refractivity contribution >= 4 is 16.9 Å². The van der Waals surface area contributed by atoms with Crippen LogP contribution < -0.4 is 10.9 Å². The molecule has 1 atom stereocenters. The number of phenols is 1. The number of aliphatic hydroxyl groups is 1. The SMILES string of the molecule is CCc1cc2c(cc1CC)CC(NC[C@H](O)c1ccc(O)c3[nH]c(=O)c(CC(=O)O)cc13)C2. The number of aromatic hydroxyl groups is 1. The largest absolute Gasteiger partial charge is 0.506 e. The maximum atomic E-state index is 12.2. The van der Waals surface area contributed by atoms with Gasteiger partial charge < -0.3 is 25.6 Å². The predicted octanol–water partition coefficient (Wildman–Crippen LogP) is 2.78. The van der Waals surface area contributed by atoms with Crippen molar-refractivity contribution in [2.45, 2.75) is 58.1 Å². The zero-order chi connectivity index (χ0) is 23.7.